The van der Waals surface area contributed by atoms with Gasteiger partial charge in [0, 0.05) is 10.5 Å². The molecule has 0 aliphatic carbocycles. The average molecular weight is 309 g/mol. The number of rotatable bonds is 7. The van der Waals surface area contributed by atoms with Gasteiger partial charge in [-0.3, -0.25) is 9.59 Å². The van der Waals surface area contributed by atoms with Crippen LogP contribution in [-0.4, -0.2) is 34.0 Å². The molecule has 0 heterocycles. The Labute approximate surface area is 130 Å². The number of carboxylic acid groups (broad SMARTS) is 1. The zero-order valence-corrected chi connectivity index (χ0v) is 13.6. The van der Waals surface area contributed by atoms with Gasteiger partial charge in [0.25, 0.3) is 0 Å². The summed E-state index contributed by atoms with van der Waals surface area (Å²) in [6.45, 7) is 5.98. The van der Waals surface area contributed by atoms with Crippen molar-refractivity contribution in [2.24, 2.45) is 5.92 Å². The Balaban J connectivity index is 2.69. The normalized spacial score (nSPS) is 12.7. The summed E-state index contributed by atoms with van der Waals surface area (Å²) in [5, 5.41) is 11.2. The second-order valence-corrected chi connectivity index (χ2v) is 7.77. The van der Waals surface area contributed by atoms with Crippen LogP contribution >= 0.6 is 11.8 Å². The van der Waals surface area contributed by atoms with E-state index in [0.29, 0.717) is 12.2 Å². The second-order valence-electron chi connectivity index (χ2n) is 5.92. The Kier molecular flexibility index (Phi) is 6.75. The van der Waals surface area contributed by atoms with Gasteiger partial charge in [-0.05, 0) is 12.0 Å². The molecule has 116 valence electrons. The number of benzene rings is 1. The molecule has 0 radical (unpaired) electrons. The van der Waals surface area contributed by atoms with E-state index in [2.05, 4.69) is 26.1 Å². The maximum absolute atomic E-state index is 12.2. The van der Waals surface area contributed by atoms with Crippen LogP contribution in [0.1, 0.15) is 26.3 Å². The molecular weight excluding hydrogens is 286 g/mol. The molecule has 1 amide bonds. The molecule has 0 saturated heterocycles. The van der Waals surface area contributed by atoms with Gasteiger partial charge >= 0.3 is 5.97 Å². The van der Waals surface area contributed by atoms with Crippen LogP contribution in [0, 0.1) is 5.92 Å². The van der Waals surface area contributed by atoms with Crippen LogP contribution in [-0.2, 0) is 16.0 Å². The number of thioether (sulfide) groups is 1. The number of amides is 1. The van der Waals surface area contributed by atoms with Crippen LogP contribution in [0.3, 0.4) is 0 Å². The predicted octanol–water partition coefficient (Wildman–Crippen LogP) is 2.58. The number of hydrogen-bond donors (Lipinski definition) is 2. The van der Waals surface area contributed by atoms with E-state index in [0.717, 1.165) is 5.56 Å². The van der Waals surface area contributed by atoms with Gasteiger partial charge in [-0.1, -0.05) is 51.1 Å². The molecule has 2 N–H and O–H groups in total. The first-order chi connectivity index (χ1) is 9.78. The zero-order chi connectivity index (χ0) is 15.9. The minimum atomic E-state index is -1.02. The van der Waals surface area contributed by atoms with Crippen molar-refractivity contribution in [1.29, 1.82) is 0 Å². The highest BCUT2D eigenvalue weighted by atomic mass is 32.2. The molecule has 0 aliphatic heterocycles. The monoisotopic (exact) mass is 309 g/mol. The van der Waals surface area contributed by atoms with Gasteiger partial charge in [0.15, 0.2) is 0 Å². The van der Waals surface area contributed by atoms with Gasteiger partial charge in [-0.15, -0.1) is 0 Å². The second kappa shape index (κ2) is 8.08. The van der Waals surface area contributed by atoms with Crippen LogP contribution in [0.15, 0.2) is 30.3 Å². The highest BCUT2D eigenvalue weighted by molar-refractivity contribution is 8.00. The van der Waals surface area contributed by atoms with Crippen molar-refractivity contribution >= 4 is 23.6 Å². The maximum atomic E-state index is 12.2. The quantitative estimate of drug-likeness (QED) is 0.812. The number of nitrogens with one attached hydrogen (secondary N) is 1. The van der Waals surface area contributed by atoms with Crippen molar-refractivity contribution in [2.45, 2.75) is 31.9 Å². The Morgan fingerprint density at radius 1 is 1.24 bits per heavy atom. The van der Waals surface area contributed by atoms with Crippen LogP contribution < -0.4 is 5.32 Å². The van der Waals surface area contributed by atoms with Crippen molar-refractivity contribution in [3.8, 4) is 0 Å². The minimum absolute atomic E-state index is 0.0714. The van der Waals surface area contributed by atoms with Crippen molar-refractivity contribution in [3.63, 3.8) is 0 Å². The molecular formula is C16H23NO3S. The molecule has 0 aliphatic rings. The lowest BCUT2D eigenvalue weighted by Gasteiger charge is -2.22. The number of carboxylic acids is 1. The van der Waals surface area contributed by atoms with Crippen molar-refractivity contribution in [1.82, 2.24) is 5.32 Å². The predicted molar refractivity (Wildman–Crippen MR) is 86.5 cm³/mol. The summed E-state index contributed by atoms with van der Waals surface area (Å²) in [5.41, 5.74) is 1.09. The van der Waals surface area contributed by atoms with Gasteiger partial charge in [-0.25, -0.2) is 0 Å². The average Bonchev–Trinajstić information content (AvgIpc) is 2.41. The summed E-state index contributed by atoms with van der Waals surface area (Å²) >= 11 is 1.72. The highest BCUT2D eigenvalue weighted by Crippen LogP contribution is 2.26. The van der Waals surface area contributed by atoms with E-state index < -0.39 is 5.97 Å². The van der Waals surface area contributed by atoms with Crippen LogP contribution in [0.25, 0.3) is 0 Å². The summed E-state index contributed by atoms with van der Waals surface area (Å²) in [6, 6.07) is 9.79. The van der Waals surface area contributed by atoms with Gasteiger partial charge in [0.1, 0.15) is 6.54 Å². The molecule has 5 heteroatoms. The summed E-state index contributed by atoms with van der Waals surface area (Å²) in [4.78, 5) is 22.8. The molecule has 4 nitrogen and oxygen atoms in total. The third kappa shape index (κ3) is 7.75. The van der Waals surface area contributed by atoms with Crippen molar-refractivity contribution < 1.29 is 14.7 Å². The largest absolute Gasteiger partial charge is 0.480 e. The molecule has 21 heavy (non-hydrogen) atoms. The van der Waals surface area contributed by atoms with Crippen LogP contribution in [0.4, 0.5) is 0 Å². The van der Waals surface area contributed by atoms with Gasteiger partial charge < -0.3 is 10.4 Å². The van der Waals surface area contributed by atoms with Crippen molar-refractivity contribution in [2.75, 3.05) is 12.3 Å². The summed E-state index contributed by atoms with van der Waals surface area (Å²) in [6.07, 6.45) is 0.620. The first-order valence-corrected chi connectivity index (χ1v) is 7.94. The minimum Gasteiger partial charge on any atom is -0.480 e. The first kappa shape index (κ1) is 17.6. The fourth-order valence-corrected chi connectivity index (χ4v) is 2.75. The maximum Gasteiger partial charge on any atom is 0.322 e. The number of carbonyl (C=O) groups is 2. The Morgan fingerprint density at radius 3 is 2.38 bits per heavy atom. The zero-order valence-electron chi connectivity index (χ0n) is 12.8. The molecule has 0 spiro atoms. The van der Waals surface area contributed by atoms with E-state index in [4.69, 9.17) is 5.11 Å². The smallest absolute Gasteiger partial charge is 0.322 e. The third-order valence-electron chi connectivity index (χ3n) is 2.83. The topological polar surface area (TPSA) is 66.4 Å². The van der Waals surface area contributed by atoms with E-state index >= 15 is 0 Å². The Hall–Kier alpha value is -1.49. The standard InChI is InChI=1S/C16H23NO3S/c1-16(2,3)21-11-13(15(20)17-10-14(18)19)9-12-7-5-4-6-8-12/h4-8,13H,9-11H2,1-3H3,(H,17,20)(H,18,19). The van der Waals surface area contributed by atoms with E-state index in [1.807, 2.05) is 30.3 Å². The Bertz CT molecular complexity index is 468. The van der Waals surface area contributed by atoms with Gasteiger partial charge in [0.2, 0.25) is 5.91 Å². The van der Waals surface area contributed by atoms with E-state index in [1.54, 1.807) is 11.8 Å². The molecule has 1 aromatic carbocycles. The van der Waals surface area contributed by atoms with E-state index in [-0.39, 0.29) is 23.1 Å². The fourth-order valence-electron chi connectivity index (χ4n) is 1.78. The van der Waals surface area contributed by atoms with Gasteiger partial charge in [-0.2, -0.15) is 11.8 Å². The SMILES string of the molecule is CC(C)(C)SCC(Cc1ccccc1)C(=O)NCC(=O)O. The van der Waals surface area contributed by atoms with Crippen LogP contribution in [0.2, 0.25) is 0 Å². The molecule has 0 aromatic heterocycles. The molecule has 1 aromatic rings. The molecule has 0 saturated carbocycles. The molecule has 0 fully saturated rings. The number of aliphatic carboxylic acids is 1. The van der Waals surface area contributed by atoms with Crippen molar-refractivity contribution in [3.05, 3.63) is 35.9 Å². The third-order valence-corrected chi connectivity index (χ3v) is 4.26. The molecule has 0 bridgehead atoms. The lowest BCUT2D eigenvalue weighted by molar-refractivity contribution is -0.138. The van der Waals surface area contributed by atoms with Crippen LogP contribution in [0.5, 0.6) is 0 Å². The highest BCUT2D eigenvalue weighted by Gasteiger charge is 2.22. The molecule has 1 unspecified atom stereocenters. The number of carbonyl (C=O) groups excluding carboxylic acids is 1. The first-order valence-electron chi connectivity index (χ1n) is 6.95. The molecule has 1 atom stereocenters. The van der Waals surface area contributed by atoms with E-state index in [9.17, 15) is 9.59 Å². The Morgan fingerprint density at radius 2 is 1.86 bits per heavy atom. The lowest BCUT2D eigenvalue weighted by atomic mass is 10.0. The lowest BCUT2D eigenvalue weighted by Crippen LogP contribution is -2.37. The van der Waals surface area contributed by atoms with Gasteiger partial charge in [0.05, 0.1) is 5.92 Å². The number of hydrogen-bond acceptors (Lipinski definition) is 3. The summed E-state index contributed by atoms with van der Waals surface area (Å²) < 4.78 is 0.0714. The summed E-state index contributed by atoms with van der Waals surface area (Å²) in [7, 11) is 0. The van der Waals surface area contributed by atoms with E-state index in [1.165, 1.54) is 0 Å². The molecule has 1 rings (SSSR count). The summed E-state index contributed by atoms with van der Waals surface area (Å²) in [5.74, 6) is -0.775. The fraction of sp³-hybridized carbons (Fsp3) is 0.500.